The van der Waals surface area contributed by atoms with E-state index in [4.69, 9.17) is 0 Å². The van der Waals surface area contributed by atoms with E-state index in [0.717, 1.165) is 13.1 Å². The number of benzene rings is 1. The van der Waals surface area contributed by atoms with Crippen LogP contribution in [0.5, 0.6) is 0 Å². The molecule has 2 heteroatoms. The van der Waals surface area contributed by atoms with Crippen molar-refractivity contribution in [1.29, 1.82) is 0 Å². The molecule has 1 N–H and O–H groups in total. The third kappa shape index (κ3) is 3.37. The second-order valence-corrected chi connectivity index (χ2v) is 5.69. The van der Waals surface area contributed by atoms with Gasteiger partial charge in [-0.05, 0) is 37.4 Å². The predicted octanol–water partition coefficient (Wildman–Crippen LogP) is 3.73. The maximum Gasteiger partial charge on any atom is 0.0478 e. The van der Waals surface area contributed by atoms with Crippen molar-refractivity contribution in [3.63, 3.8) is 0 Å². The van der Waals surface area contributed by atoms with Gasteiger partial charge in [0.25, 0.3) is 0 Å². The summed E-state index contributed by atoms with van der Waals surface area (Å²) in [7, 11) is 0. The van der Waals surface area contributed by atoms with Gasteiger partial charge in [-0.2, -0.15) is 0 Å². The average Bonchev–Trinajstić information content (AvgIpc) is 2.47. The van der Waals surface area contributed by atoms with Crippen LogP contribution in [0, 0.1) is 0 Å². The molecular weight excluding hydrogens is 232 g/mol. The van der Waals surface area contributed by atoms with Gasteiger partial charge in [0.1, 0.15) is 0 Å². The van der Waals surface area contributed by atoms with Gasteiger partial charge < -0.3 is 5.32 Å². The number of nitrogens with zero attached hydrogens (tertiary/aromatic N) is 1. The van der Waals surface area contributed by atoms with E-state index in [-0.39, 0.29) is 0 Å². The fourth-order valence-corrected chi connectivity index (χ4v) is 3.03. The molecule has 0 fully saturated rings. The lowest BCUT2D eigenvalue weighted by atomic mass is 9.94. The molecule has 2 nitrogen and oxygen atoms in total. The molecule has 2 unspecified atom stereocenters. The van der Waals surface area contributed by atoms with Crippen molar-refractivity contribution in [2.24, 2.45) is 0 Å². The zero-order valence-electron chi connectivity index (χ0n) is 12.7. The summed E-state index contributed by atoms with van der Waals surface area (Å²) in [5.74, 6) is 0. The molecule has 1 heterocycles. The first-order chi connectivity index (χ1) is 9.27. The third-order valence-electron chi connectivity index (χ3n) is 4.39. The van der Waals surface area contributed by atoms with Crippen LogP contribution >= 0.6 is 0 Å². The van der Waals surface area contributed by atoms with Crippen molar-refractivity contribution in [3.8, 4) is 0 Å². The Morgan fingerprint density at radius 2 is 2.11 bits per heavy atom. The molecule has 0 radical (unpaired) electrons. The van der Waals surface area contributed by atoms with Crippen molar-refractivity contribution >= 4 is 0 Å². The smallest absolute Gasteiger partial charge is 0.0478 e. The summed E-state index contributed by atoms with van der Waals surface area (Å²) in [6.45, 7) is 10.3. The summed E-state index contributed by atoms with van der Waals surface area (Å²) in [5.41, 5.74) is 3.02. The quantitative estimate of drug-likeness (QED) is 0.838. The van der Waals surface area contributed by atoms with Gasteiger partial charge in [0, 0.05) is 25.2 Å². The predicted molar refractivity (Wildman–Crippen MR) is 82.3 cm³/mol. The standard InChI is InChI=1S/C17H28N2/c1-4-6-11-19(14(3)5-2)17-13-18-12-15-9-7-8-10-16(15)17/h7-10,14,17-18H,4-6,11-13H2,1-3H3. The first-order valence-corrected chi connectivity index (χ1v) is 7.82. The monoisotopic (exact) mass is 260 g/mol. The van der Waals surface area contributed by atoms with Crippen LogP contribution in [0.25, 0.3) is 0 Å². The fraction of sp³-hybridized carbons (Fsp3) is 0.647. The van der Waals surface area contributed by atoms with Crippen molar-refractivity contribution in [2.75, 3.05) is 13.1 Å². The van der Waals surface area contributed by atoms with E-state index in [2.05, 4.69) is 55.3 Å². The lowest BCUT2D eigenvalue weighted by Crippen LogP contribution is -2.44. The van der Waals surface area contributed by atoms with E-state index in [9.17, 15) is 0 Å². The number of rotatable bonds is 6. The van der Waals surface area contributed by atoms with Crippen molar-refractivity contribution in [2.45, 2.75) is 58.7 Å². The van der Waals surface area contributed by atoms with Crippen LogP contribution in [0.1, 0.15) is 57.2 Å². The van der Waals surface area contributed by atoms with Gasteiger partial charge >= 0.3 is 0 Å². The molecule has 1 aromatic rings. The second-order valence-electron chi connectivity index (χ2n) is 5.69. The van der Waals surface area contributed by atoms with Crippen LogP contribution in [-0.4, -0.2) is 24.0 Å². The van der Waals surface area contributed by atoms with Crippen LogP contribution in [0.3, 0.4) is 0 Å². The zero-order valence-corrected chi connectivity index (χ0v) is 12.7. The maximum absolute atomic E-state index is 3.59. The Morgan fingerprint density at radius 3 is 2.84 bits per heavy atom. The highest BCUT2D eigenvalue weighted by molar-refractivity contribution is 5.32. The van der Waals surface area contributed by atoms with E-state index < -0.39 is 0 Å². The van der Waals surface area contributed by atoms with Gasteiger partial charge in [-0.15, -0.1) is 0 Å². The average molecular weight is 260 g/mol. The van der Waals surface area contributed by atoms with Gasteiger partial charge in [0.15, 0.2) is 0 Å². The second kappa shape index (κ2) is 7.06. The molecular formula is C17H28N2. The van der Waals surface area contributed by atoms with Crippen molar-refractivity contribution < 1.29 is 0 Å². The molecule has 0 aromatic heterocycles. The summed E-state index contributed by atoms with van der Waals surface area (Å²) < 4.78 is 0. The third-order valence-corrected chi connectivity index (χ3v) is 4.39. The van der Waals surface area contributed by atoms with Gasteiger partial charge in [-0.25, -0.2) is 0 Å². The number of fused-ring (bicyclic) bond motifs is 1. The minimum Gasteiger partial charge on any atom is -0.311 e. The lowest BCUT2D eigenvalue weighted by molar-refractivity contribution is 0.129. The Morgan fingerprint density at radius 1 is 1.32 bits per heavy atom. The molecule has 0 saturated carbocycles. The molecule has 2 rings (SSSR count). The van der Waals surface area contributed by atoms with Crippen molar-refractivity contribution in [3.05, 3.63) is 35.4 Å². The number of hydrogen-bond acceptors (Lipinski definition) is 2. The fourth-order valence-electron chi connectivity index (χ4n) is 3.03. The van der Waals surface area contributed by atoms with Gasteiger partial charge in [-0.1, -0.05) is 44.5 Å². The highest BCUT2D eigenvalue weighted by Crippen LogP contribution is 2.29. The molecule has 1 aromatic carbocycles. The summed E-state index contributed by atoms with van der Waals surface area (Å²) in [6, 6.07) is 10.1. The molecule has 1 aliphatic rings. The Labute approximate surface area is 118 Å². The Balaban J connectivity index is 2.22. The van der Waals surface area contributed by atoms with Gasteiger partial charge in [0.05, 0.1) is 0 Å². The minimum atomic E-state index is 0.548. The molecule has 0 bridgehead atoms. The minimum absolute atomic E-state index is 0.548. The van der Waals surface area contributed by atoms with Crippen LogP contribution in [-0.2, 0) is 6.54 Å². The van der Waals surface area contributed by atoms with Gasteiger partial charge in [-0.3, -0.25) is 4.90 Å². The number of nitrogens with one attached hydrogen (secondary N) is 1. The summed E-state index contributed by atoms with van der Waals surface area (Å²) in [5, 5.41) is 3.59. The molecule has 0 aliphatic carbocycles. The number of unbranched alkanes of at least 4 members (excludes halogenated alkanes) is 1. The summed E-state index contributed by atoms with van der Waals surface area (Å²) >= 11 is 0. The van der Waals surface area contributed by atoms with E-state index in [1.165, 1.54) is 36.9 Å². The lowest BCUT2D eigenvalue weighted by Gasteiger charge is -2.39. The molecule has 2 atom stereocenters. The Bertz CT molecular complexity index is 389. The summed E-state index contributed by atoms with van der Waals surface area (Å²) in [4.78, 5) is 2.70. The first kappa shape index (κ1) is 14.5. The molecule has 19 heavy (non-hydrogen) atoms. The van der Waals surface area contributed by atoms with Crippen LogP contribution in [0.15, 0.2) is 24.3 Å². The van der Waals surface area contributed by atoms with E-state index in [1.54, 1.807) is 0 Å². The van der Waals surface area contributed by atoms with Crippen LogP contribution in [0.2, 0.25) is 0 Å². The first-order valence-electron chi connectivity index (χ1n) is 7.82. The Kier molecular flexibility index (Phi) is 5.41. The molecule has 1 aliphatic heterocycles. The zero-order chi connectivity index (χ0) is 13.7. The van der Waals surface area contributed by atoms with Gasteiger partial charge in [0.2, 0.25) is 0 Å². The molecule has 106 valence electrons. The van der Waals surface area contributed by atoms with Crippen molar-refractivity contribution in [1.82, 2.24) is 10.2 Å². The topological polar surface area (TPSA) is 15.3 Å². The highest BCUT2D eigenvalue weighted by atomic mass is 15.2. The van der Waals surface area contributed by atoms with Crippen LogP contribution in [0.4, 0.5) is 0 Å². The SMILES string of the molecule is CCCCN(C(C)CC)C1CNCc2ccccc21. The van der Waals surface area contributed by atoms with E-state index in [0.29, 0.717) is 12.1 Å². The largest absolute Gasteiger partial charge is 0.311 e. The summed E-state index contributed by atoms with van der Waals surface area (Å²) in [6.07, 6.45) is 3.79. The van der Waals surface area contributed by atoms with Crippen LogP contribution < -0.4 is 5.32 Å². The van der Waals surface area contributed by atoms with E-state index >= 15 is 0 Å². The number of hydrogen-bond donors (Lipinski definition) is 1. The normalized spacial score (nSPS) is 20.3. The van der Waals surface area contributed by atoms with E-state index in [1.807, 2.05) is 0 Å². The Hall–Kier alpha value is -0.860. The molecule has 0 saturated heterocycles. The highest BCUT2D eigenvalue weighted by Gasteiger charge is 2.27. The maximum atomic E-state index is 3.59. The molecule has 0 amide bonds. The molecule has 0 spiro atoms.